The Hall–Kier alpha value is -4.66. The molecule has 2 amide bonds. The van der Waals surface area contributed by atoms with Crippen LogP contribution in [0.15, 0.2) is 79.5 Å². The quantitative estimate of drug-likeness (QED) is 0.420. The third kappa shape index (κ3) is 4.90. The highest BCUT2D eigenvalue weighted by atomic mass is 16.2. The predicted molar refractivity (Wildman–Crippen MR) is 119 cm³/mol. The van der Waals surface area contributed by atoms with Crippen LogP contribution >= 0.6 is 0 Å². The second-order valence-corrected chi connectivity index (χ2v) is 6.81. The van der Waals surface area contributed by atoms with E-state index in [9.17, 15) is 9.59 Å². The summed E-state index contributed by atoms with van der Waals surface area (Å²) in [4.78, 5) is 41.4. The van der Waals surface area contributed by atoms with E-state index in [0.29, 0.717) is 22.8 Å². The molecule has 0 spiro atoms. The van der Waals surface area contributed by atoms with Gasteiger partial charge in [0.2, 0.25) is 5.95 Å². The van der Waals surface area contributed by atoms with E-state index < -0.39 is 11.8 Å². The van der Waals surface area contributed by atoms with Gasteiger partial charge >= 0.3 is 0 Å². The van der Waals surface area contributed by atoms with E-state index in [1.165, 1.54) is 6.20 Å². The maximum Gasteiger partial charge on any atom is 0.271 e. The molecule has 3 aromatic heterocycles. The van der Waals surface area contributed by atoms with Crippen molar-refractivity contribution in [3.8, 4) is 11.3 Å². The van der Waals surface area contributed by atoms with Gasteiger partial charge < -0.3 is 5.32 Å². The number of carbonyl (C=O) groups is 2. The highest BCUT2D eigenvalue weighted by Crippen LogP contribution is 2.22. The summed E-state index contributed by atoms with van der Waals surface area (Å²) in [6, 6.07) is 13.9. The highest BCUT2D eigenvalue weighted by Gasteiger charge is 2.12. The van der Waals surface area contributed by atoms with Gasteiger partial charge in [-0.1, -0.05) is 6.07 Å². The number of pyridine rings is 2. The van der Waals surface area contributed by atoms with Crippen LogP contribution in [0.2, 0.25) is 0 Å². The van der Waals surface area contributed by atoms with Crippen molar-refractivity contribution >= 4 is 23.5 Å². The number of benzene rings is 1. The topological polar surface area (TPSA) is 122 Å². The molecule has 0 fully saturated rings. The van der Waals surface area contributed by atoms with Crippen LogP contribution in [0.4, 0.5) is 11.6 Å². The molecule has 0 atom stereocenters. The third-order valence-corrected chi connectivity index (χ3v) is 4.57. The minimum atomic E-state index is -0.463. The van der Waals surface area contributed by atoms with Crippen LogP contribution < -0.4 is 16.2 Å². The molecule has 4 rings (SSSR count). The Bertz CT molecular complexity index is 1250. The lowest BCUT2D eigenvalue weighted by Gasteiger charge is -2.12. The normalized spacial score (nSPS) is 10.3. The number of nitrogens with zero attached hydrogens (tertiary/aromatic N) is 4. The molecule has 0 aliphatic carbocycles. The smallest absolute Gasteiger partial charge is 0.271 e. The van der Waals surface area contributed by atoms with Crippen molar-refractivity contribution < 1.29 is 9.59 Å². The van der Waals surface area contributed by atoms with E-state index in [-0.39, 0.29) is 0 Å². The van der Waals surface area contributed by atoms with E-state index in [1.54, 1.807) is 61.2 Å². The summed E-state index contributed by atoms with van der Waals surface area (Å²) >= 11 is 0. The summed E-state index contributed by atoms with van der Waals surface area (Å²) in [7, 11) is 0. The molecule has 0 bridgehead atoms. The van der Waals surface area contributed by atoms with E-state index in [2.05, 4.69) is 36.1 Å². The number of nitrogens with one attached hydrogen (secondary N) is 3. The standard InChI is InChI=1S/C23H19N7O2/c1-15-6-7-16(21(31)29-30-22(32)18-5-3-10-25-14-18)12-20(15)28-23-26-11-8-19(27-23)17-4-2-9-24-13-17/h2-14H,1H3,(H,29,31)(H,30,32)(H,26,27,28). The highest BCUT2D eigenvalue weighted by molar-refractivity contribution is 5.99. The second kappa shape index (κ2) is 9.43. The molecule has 158 valence electrons. The molecule has 0 saturated carbocycles. The minimum absolute atomic E-state index is 0.338. The zero-order valence-electron chi connectivity index (χ0n) is 17.1. The summed E-state index contributed by atoms with van der Waals surface area (Å²) in [5.41, 5.74) is 8.63. The fourth-order valence-corrected chi connectivity index (χ4v) is 2.87. The Morgan fingerprint density at radius 2 is 1.56 bits per heavy atom. The average Bonchev–Trinajstić information content (AvgIpc) is 2.85. The zero-order valence-corrected chi connectivity index (χ0v) is 17.1. The molecular formula is C23H19N7O2. The van der Waals surface area contributed by atoms with Gasteiger partial charge in [-0.05, 0) is 55.0 Å². The summed E-state index contributed by atoms with van der Waals surface area (Å²) in [5, 5.41) is 3.15. The van der Waals surface area contributed by atoms with Gasteiger partial charge in [-0.2, -0.15) is 0 Å². The molecule has 3 N–H and O–H groups in total. The van der Waals surface area contributed by atoms with Crippen molar-refractivity contribution in [3.63, 3.8) is 0 Å². The number of hydrazine groups is 1. The number of amides is 2. The first-order valence-electron chi connectivity index (χ1n) is 9.72. The van der Waals surface area contributed by atoms with Crippen molar-refractivity contribution in [2.45, 2.75) is 6.92 Å². The van der Waals surface area contributed by atoms with Crippen LogP contribution in [0.1, 0.15) is 26.3 Å². The first kappa shape index (κ1) is 20.6. The number of aromatic nitrogens is 4. The minimum Gasteiger partial charge on any atom is -0.324 e. The number of hydrogen-bond acceptors (Lipinski definition) is 7. The van der Waals surface area contributed by atoms with E-state index >= 15 is 0 Å². The van der Waals surface area contributed by atoms with Crippen molar-refractivity contribution in [3.05, 3.63) is 96.2 Å². The number of aryl methyl sites for hydroxylation is 1. The molecule has 9 heteroatoms. The summed E-state index contributed by atoms with van der Waals surface area (Å²) in [6.45, 7) is 1.90. The zero-order chi connectivity index (χ0) is 22.3. The largest absolute Gasteiger partial charge is 0.324 e. The van der Waals surface area contributed by atoms with Gasteiger partial charge in [0.05, 0.1) is 11.3 Å². The van der Waals surface area contributed by atoms with Crippen molar-refractivity contribution in [1.29, 1.82) is 0 Å². The molecule has 0 aliphatic rings. The number of carbonyl (C=O) groups excluding carboxylic acids is 2. The predicted octanol–water partition coefficient (Wildman–Crippen LogP) is 3.06. The van der Waals surface area contributed by atoms with Gasteiger partial charge in [0.1, 0.15) is 0 Å². The molecule has 0 aliphatic heterocycles. The fourth-order valence-electron chi connectivity index (χ4n) is 2.87. The lowest BCUT2D eigenvalue weighted by molar-refractivity contribution is 0.0846. The maximum atomic E-state index is 12.5. The van der Waals surface area contributed by atoms with Gasteiger partial charge in [-0.15, -0.1) is 0 Å². The number of rotatable bonds is 5. The summed E-state index contributed by atoms with van der Waals surface area (Å²) in [5.74, 6) is -0.537. The first-order valence-corrected chi connectivity index (χ1v) is 9.72. The first-order chi connectivity index (χ1) is 15.6. The molecule has 4 aromatic rings. The van der Waals surface area contributed by atoms with Crippen molar-refractivity contribution in [2.75, 3.05) is 5.32 Å². The number of hydrogen-bond donors (Lipinski definition) is 3. The van der Waals surface area contributed by atoms with Crippen molar-refractivity contribution in [1.82, 2.24) is 30.8 Å². The Kier molecular flexibility index (Phi) is 6.08. The van der Waals surface area contributed by atoms with Gasteiger partial charge in [0.25, 0.3) is 11.8 Å². The summed E-state index contributed by atoms with van der Waals surface area (Å²) in [6.07, 6.45) is 8.05. The van der Waals surface area contributed by atoms with Gasteiger partial charge in [-0.3, -0.25) is 30.4 Å². The van der Waals surface area contributed by atoms with Crippen LogP contribution in [0, 0.1) is 6.92 Å². The maximum absolute atomic E-state index is 12.5. The molecule has 0 saturated heterocycles. The van der Waals surface area contributed by atoms with E-state index in [0.717, 1.165) is 16.8 Å². The van der Waals surface area contributed by atoms with Crippen LogP contribution in [0.25, 0.3) is 11.3 Å². The van der Waals surface area contributed by atoms with Crippen molar-refractivity contribution in [2.24, 2.45) is 0 Å². The van der Waals surface area contributed by atoms with Gasteiger partial charge in [0, 0.05) is 47.8 Å². The van der Waals surface area contributed by atoms with Crippen LogP contribution in [-0.4, -0.2) is 31.8 Å². The van der Waals surface area contributed by atoms with Crippen LogP contribution in [-0.2, 0) is 0 Å². The van der Waals surface area contributed by atoms with Crippen LogP contribution in [0.3, 0.4) is 0 Å². The van der Waals surface area contributed by atoms with Gasteiger partial charge in [-0.25, -0.2) is 9.97 Å². The Labute approximate surface area is 184 Å². The lowest BCUT2D eigenvalue weighted by atomic mass is 10.1. The molecular weight excluding hydrogens is 406 g/mol. The average molecular weight is 425 g/mol. The Morgan fingerprint density at radius 1 is 0.812 bits per heavy atom. The molecule has 1 aromatic carbocycles. The van der Waals surface area contributed by atoms with Crippen LogP contribution in [0.5, 0.6) is 0 Å². The van der Waals surface area contributed by atoms with E-state index in [1.807, 2.05) is 19.1 Å². The molecule has 32 heavy (non-hydrogen) atoms. The SMILES string of the molecule is Cc1ccc(C(=O)NNC(=O)c2cccnc2)cc1Nc1nccc(-c2cccnc2)n1. The summed E-state index contributed by atoms with van der Waals surface area (Å²) < 4.78 is 0. The van der Waals surface area contributed by atoms with Gasteiger partial charge in [0.15, 0.2) is 0 Å². The third-order valence-electron chi connectivity index (χ3n) is 4.57. The Balaban J connectivity index is 1.47. The molecule has 3 heterocycles. The number of anilines is 2. The molecule has 9 nitrogen and oxygen atoms in total. The molecule has 0 radical (unpaired) electrons. The van der Waals surface area contributed by atoms with E-state index in [4.69, 9.17) is 0 Å². The second-order valence-electron chi connectivity index (χ2n) is 6.81. The monoisotopic (exact) mass is 425 g/mol. The fraction of sp³-hybridized carbons (Fsp3) is 0.0435. The lowest BCUT2D eigenvalue weighted by Crippen LogP contribution is -2.41. The molecule has 0 unspecified atom stereocenters. The Morgan fingerprint density at radius 3 is 2.28 bits per heavy atom.